The van der Waals surface area contributed by atoms with Gasteiger partial charge in [0.15, 0.2) is 0 Å². The Bertz CT molecular complexity index is 834. The Morgan fingerprint density at radius 2 is 2.00 bits per heavy atom. The SMILES string of the molecule is N#C/N=C1\CC2(CCCOC2)Oc2ccc(Oc3ccccc3)cc21. The summed E-state index contributed by atoms with van der Waals surface area (Å²) in [7, 11) is 0. The molecule has 2 aliphatic heterocycles. The van der Waals surface area contributed by atoms with Gasteiger partial charge in [-0.2, -0.15) is 10.3 Å². The summed E-state index contributed by atoms with van der Waals surface area (Å²) >= 11 is 0. The molecular formula is C20H18N2O3. The van der Waals surface area contributed by atoms with Gasteiger partial charge in [-0.1, -0.05) is 18.2 Å². The first-order valence-electron chi connectivity index (χ1n) is 8.38. The molecule has 0 aromatic heterocycles. The summed E-state index contributed by atoms with van der Waals surface area (Å²) in [6, 6.07) is 15.2. The molecular weight excluding hydrogens is 316 g/mol. The molecule has 5 heteroatoms. The van der Waals surface area contributed by atoms with Gasteiger partial charge in [0.05, 0.1) is 12.3 Å². The summed E-state index contributed by atoms with van der Waals surface area (Å²) in [5.41, 5.74) is 1.13. The molecule has 5 nitrogen and oxygen atoms in total. The lowest BCUT2D eigenvalue weighted by atomic mass is 9.85. The Morgan fingerprint density at radius 1 is 1.12 bits per heavy atom. The maximum atomic E-state index is 9.09. The van der Waals surface area contributed by atoms with Gasteiger partial charge in [-0.15, -0.1) is 0 Å². The van der Waals surface area contributed by atoms with Gasteiger partial charge >= 0.3 is 0 Å². The average molecular weight is 334 g/mol. The third-order valence-electron chi connectivity index (χ3n) is 4.53. The second-order valence-electron chi connectivity index (χ2n) is 6.35. The second kappa shape index (κ2) is 6.58. The number of ether oxygens (including phenoxy) is 3. The van der Waals surface area contributed by atoms with E-state index in [1.165, 1.54) is 0 Å². The van der Waals surface area contributed by atoms with Crippen LogP contribution in [-0.2, 0) is 4.74 Å². The minimum Gasteiger partial charge on any atom is -0.484 e. The smallest absolute Gasteiger partial charge is 0.205 e. The van der Waals surface area contributed by atoms with Crippen molar-refractivity contribution in [3.63, 3.8) is 0 Å². The van der Waals surface area contributed by atoms with Crippen molar-refractivity contribution in [2.24, 2.45) is 4.99 Å². The zero-order valence-corrected chi connectivity index (χ0v) is 13.8. The van der Waals surface area contributed by atoms with Crippen LogP contribution in [0.1, 0.15) is 24.8 Å². The Hall–Kier alpha value is -2.84. The maximum absolute atomic E-state index is 9.09. The quantitative estimate of drug-likeness (QED) is 0.776. The Morgan fingerprint density at radius 3 is 2.76 bits per heavy atom. The Balaban J connectivity index is 1.67. The monoisotopic (exact) mass is 334 g/mol. The van der Waals surface area contributed by atoms with E-state index in [1.54, 1.807) is 0 Å². The first-order chi connectivity index (χ1) is 12.3. The number of hydrogen-bond acceptors (Lipinski definition) is 5. The van der Waals surface area contributed by atoms with Gasteiger partial charge in [-0.05, 0) is 43.2 Å². The van der Waals surface area contributed by atoms with E-state index < -0.39 is 5.60 Å². The van der Waals surface area contributed by atoms with E-state index in [1.807, 2.05) is 54.7 Å². The maximum Gasteiger partial charge on any atom is 0.205 e. The molecule has 1 unspecified atom stereocenters. The van der Waals surface area contributed by atoms with Gasteiger partial charge in [0.1, 0.15) is 22.8 Å². The highest BCUT2D eigenvalue weighted by molar-refractivity contribution is 6.05. The van der Waals surface area contributed by atoms with E-state index in [0.29, 0.717) is 18.8 Å². The minimum atomic E-state index is -0.414. The first kappa shape index (κ1) is 15.7. The normalized spacial score (nSPS) is 23.6. The molecule has 0 radical (unpaired) electrons. The fraction of sp³-hybridized carbons (Fsp3) is 0.300. The lowest BCUT2D eigenvalue weighted by Crippen LogP contribution is -2.48. The van der Waals surface area contributed by atoms with Crippen LogP contribution in [0, 0.1) is 11.5 Å². The van der Waals surface area contributed by atoms with Crippen LogP contribution in [0.15, 0.2) is 53.5 Å². The van der Waals surface area contributed by atoms with E-state index in [9.17, 15) is 0 Å². The number of para-hydroxylation sites is 1. The number of hydrogen-bond donors (Lipinski definition) is 0. The second-order valence-corrected chi connectivity index (χ2v) is 6.35. The van der Waals surface area contributed by atoms with Crippen molar-refractivity contribution in [3.05, 3.63) is 54.1 Å². The molecule has 1 atom stereocenters. The fourth-order valence-corrected chi connectivity index (χ4v) is 3.39. The van der Waals surface area contributed by atoms with E-state index >= 15 is 0 Å². The van der Waals surface area contributed by atoms with Crippen LogP contribution in [0.5, 0.6) is 17.2 Å². The third-order valence-corrected chi connectivity index (χ3v) is 4.53. The van der Waals surface area contributed by atoms with Crippen molar-refractivity contribution in [2.45, 2.75) is 24.9 Å². The van der Waals surface area contributed by atoms with Crippen LogP contribution in [0.4, 0.5) is 0 Å². The molecule has 0 aliphatic carbocycles. The lowest BCUT2D eigenvalue weighted by Gasteiger charge is -2.41. The molecule has 4 rings (SSSR count). The van der Waals surface area contributed by atoms with Crippen LogP contribution >= 0.6 is 0 Å². The summed E-state index contributed by atoms with van der Waals surface area (Å²) in [4.78, 5) is 4.05. The molecule has 25 heavy (non-hydrogen) atoms. The molecule has 2 aromatic rings. The highest BCUT2D eigenvalue weighted by Crippen LogP contribution is 2.40. The van der Waals surface area contributed by atoms with Crippen LogP contribution in [0.2, 0.25) is 0 Å². The molecule has 0 N–H and O–H groups in total. The van der Waals surface area contributed by atoms with Gasteiger partial charge in [-0.25, -0.2) is 0 Å². The molecule has 2 aromatic carbocycles. The standard InChI is InChI=1S/C20H18N2O3/c21-14-22-18-12-20(9-4-10-23-13-20)25-19-8-7-16(11-17(18)19)24-15-5-2-1-3-6-15/h1-3,5-8,11H,4,9-10,12-13H2/b22-18+. The summed E-state index contributed by atoms with van der Waals surface area (Å²) in [5.74, 6) is 2.18. The number of nitriles is 1. The summed E-state index contributed by atoms with van der Waals surface area (Å²) in [6.07, 6.45) is 4.34. The fourth-order valence-electron chi connectivity index (χ4n) is 3.39. The largest absolute Gasteiger partial charge is 0.484 e. The Kier molecular flexibility index (Phi) is 4.12. The number of nitrogens with zero attached hydrogens (tertiary/aromatic N) is 2. The number of rotatable bonds is 2. The Labute approximate surface area is 146 Å². The molecule has 0 amide bonds. The van der Waals surface area contributed by atoms with Crippen molar-refractivity contribution in [2.75, 3.05) is 13.2 Å². The van der Waals surface area contributed by atoms with Gasteiger partial charge in [-0.3, -0.25) is 0 Å². The van der Waals surface area contributed by atoms with Crippen molar-refractivity contribution in [1.82, 2.24) is 0 Å². The molecule has 2 heterocycles. The third kappa shape index (κ3) is 3.21. The number of aliphatic imine (C=N–C) groups is 1. The number of benzene rings is 2. The summed E-state index contributed by atoms with van der Waals surface area (Å²) in [6.45, 7) is 1.28. The molecule has 126 valence electrons. The highest BCUT2D eigenvalue weighted by Gasteiger charge is 2.41. The molecule has 1 spiro atoms. The van der Waals surface area contributed by atoms with E-state index in [4.69, 9.17) is 19.5 Å². The molecule has 1 saturated heterocycles. The van der Waals surface area contributed by atoms with Crippen LogP contribution < -0.4 is 9.47 Å². The predicted octanol–water partition coefficient (Wildman–Crippen LogP) is 4.08. The van der Waals surface area contributed by atoms with Crippen molar-refractivity contribution < 1.29 is 14.2 Å². The van der Waals surface area contributed by atoms with Crippen molar-refractivity contribution in [1.29, 1.82) is 5.26 Å². The van der Waals surface area contributed by atoms with E-state index in [2.05, 4.69) is 4.99 Å². The van der Waals surface area contributed by atoms with Gasteiger partial charge in [0.25, 0.3) is 0 Å². The topological polar surface area (TPSA) is 63.8 Å². The summed E-state index contributed by atoms with van der Waals surface area (Å²) in [5, 5.41) is 9.09. The average Bonchev–Trinajstić information content (AvgIpc) is 2.64. The lowest BCUT2D eigenvalue weighted by molar-refractivity contribution is -0.0661. The molecule has 2 aliphatic rings. The van der Waals surface area contributed by atoms with Crippen molar-refractivity contribution in [3.8, 4) is 23.4 Å². The van der Waals surface area contributed by atoms with Gasteiger partial charge in [0, 0.05) is 18.6 Å². The van der Waals surface area contributed by atoms with Crippen LogP contribution in [0.25, 0.3) is 0 Å². The van der Waals surface area contributed by atoms with Crippen LogP contribution in [0.3, 0.4) is 0 Å². The zero-order chi connectivity index (χ0) is 17.1. The van der Waals surface area contributed by atoms with E-state index in [0.717, 1.165) is 42.2 Å². The van der Waals surface area contributed by atoms with Gasteiger partial charge < -0.3 is 14.2 Å². The van der Waals surface area contributed by atoms with Crippen molar-refractivity contribution >= 4 is 5.71 Å². The minimum absolute atomic E-state index is 0.414. The zero-order valence-electron chi connectivity index (χ0n) is 13.8. The number of fused-ring (bicyclic) bond motifs is 1. The van der Waals surface area contributed by atoms with Gasteiger partial charge in [0.2, 0.25) is 6.19 Å². The molecule has 1 fully saturated rings. The summed E-state index contributed by atoms with van der Waals surface area (Å²) < 4.78 is 17.8. The predicted molar refractivity (Wildman–Crippen MR) is 93.1 cm³/mol. The van der Waals surface area contributed by atoms with E-state index in [-0.39, 0.29) is 0 Å². The molecule has 0 bridgehead atoms. The first-order valence-corrected chi connectivity index (χ1v) is 8.38. The highest BCUT2D eigenvalue weighted by atomic mass is 16.5. The van der Waals surface area contributed by atoms with Crippen LogP contribution in [-0.4, -0.2) is 24.5 Å². The molecule has 0 saturated carbocycles.